The Bertz CT molecular complexity index is 381. The van der Waals surface area contributed by atoms with Gasteiger partial charge in [-0.3, -0.25) is 9.59 Å². The number of aliphatic carboxylic acids is 1. The van der Waals surface area contributed by atoms with Gasteiger partial charge in [-0.15, -0.1) is 0 Å². The summed E-state index contributed by atoms with van der Waals surface area (Å²) in [4.78, 5) is 25.4. The molecular formula is C14H22N2O4. The van der Waals surface area contributed by atoms with E-state index in [1.54, 1.807) is 0 Å². The molecule has 2 N–H and O–H groups in total. The van der Waals surface area contributed by atoms with Crippen LogP contribution in [0.25, 0.3) is 0 Å². The molecule has 0 spiro atoms. The zero-order chi connectivity index (χ0) is 14.1. The number of carboxylic acids is 1. The van der Waals surface area contributed by atoms with Crippen LogP contribution in [-0.4, -0.2) is 59.8 Å². The molecule has 0 aromatic carbocycles. The molecule has 3 rings (SSSR count). The van der Waals surface area contributed by atoms with Crippen molar-refractivity contribution < 1.29 is 19.4 Å². The highest BCUT2D eigenvalue weighted by Gasteiger charge is 2.45. The van der Waals surface area contributed by atoms with Crippen LogP contribution in [0.4, 0.5) is 0 Å². The second kappa shape index (κ2) is 5.69. The lowest BCUT2D eigenvalue weighted by molar-refractivity contribution is -0.151. The normalized spacial score (nSPS) is 36.9. The van der Waals surface area contributed by atoms with Gasteiger partial charge in [0.25, 0.3) is 5.91 Å². The van der Waals surface area contributed by atoms with Crippen molar-refractivity contribution in [1.29, 1.82) is 0 Å². The van der Waals surface area contributed by atoms with E-state index in [0.717, 1.165) is 32.2 Å². The summed E-state index contributed by atoms with van der Waals surface area (Å²) in [5.41, 5.74) is 0. The Labute approximate surface area is 118 Å². The summed E-state index contributed by atoms with van der Waals surface area (Å²) in [6.07, 6.45) is 3.54. The molecule has 20 heavy (non-hydrogen) atoms. The summed E-state index contributed by atoms with van der Waals surface area (Å²) in [6.45, 7) is 1.98. The average molecular weight is 282 g/mol. The van der Waals surface area contributed by atoms with Crippen molar-refractivity contribution in [1.82, 2.24) is 10.2 Å². The molecule has 2 bridgehead atoms. The quantitative estimate of drug-likeness (QED) is 0.774. The number of hydrogen-bond donors (Lipinski definition) is 2. The highest BCUT2D eigenvalue weighted by atomic mass is 16.5. The molecule has 0 aliphatic carbocycles. The van der Waals surface area contributed by atoms with Crippen LogP contribution in [0.15, 0.2) is 0 Å². The van der Waals surface area contributed by atoms with Gasteiger partial charge in [0.15, 0.2) is 0 Å². The lowest BCUT2D eigenvalue weighted by Gasteiger charge is -2.40. The van der Waals surface area contributed by atoms with Crippen molar-refractivity contribution in [3.63, 3.8) is 0 Å². The van der Waals surface area contributed by atoms with Crippen LogP contribution in [0.5, 0.6) is 0 Å². The first-order valence-corrected chi connectivity index (χ1v) is 7.51. The molecular weight excluding hydrogens is 260 g/mol. The van der Waals surface area contributed by atoms with Gasteiger partial charge < -0.3 is 20.1 Å². The Morgan fingerprint density at radius 2 is 1.95 bits per heavy atom. The zero-order valence-corrected chi connectivity index (χ0v) is 11.6. The number of carbonyl (C=O) groups is 2. The Morgan fingerprint density at radius 1 is 1.25 bits per heavy atom. The van der Waals surface area contributed by atoms with Gasteiger partial charge in [-0.2, -0.15) is 0 Å². The summed E-state index contributed by atoms with van der Waals surface area (Å²) in [5, 5.41) is 12.1. The average Bonchev–Trinajstić information content (AvgIpc) is 2.70. The first-order chi connectivity index (χ1) is 9.65. The molecule has 6 heteroatoms. The highest BCUT2D eigenvalue weighted by molar-refractivity contribution is 5.82. The topological polar surface area (TPSA) is 78.9 Å². The van der Waals surface area contributed by atoms with Crippen molar-refractivity contribution in [2.45, 2.75) is 50.3 Å². The number of morpholine rings is 1. The number of ether oxygens (including phenoxy) is 1. The minimum absolute atomic E-state index is 0.0958. The van der Waals surface area contributed by atoms with E-state index in [-0.39, 0.29) is 36.4 Å². The molecule has 0 aromatic heterocycles. The fourth-order valence-corrected chi connectivity index (χ4v) is 3.95. The first kappa shape index (κ1) is 13.8. The molecule has 0 radical (unpaired) electrons. The smallest absolute Gasteiger partial charge is 0.303 e. The molecule has 3 aliphatic rings. The maximum Gasteiger partial charge on any atom is 0.303 e. The van der Waals surface area contributed by atoms with Crippen molar-refractivity contribution in [3.05, 3.63) is 0 Å². The molecule has 3 heterocycles. The third-order valence-electron chi connectivity index (χ3n) is 4.75. The Kier molecular flexibility index (Phi) is 3.94. The molecule has 112 valence electrons. The monoisotopic (exact) mass is 282 g/mol. The summed E-state index contributed by atoms with van der Waals surface area (Å²) in [7, 11) is 0. The lowest BCUT2D eigenvalue weighted by Crippen LogP contribution is -2.55. The molecule has 3 fully saturated rings. The maximum atomic E-state index is 12.6. The van der Waals surface area contributed by atoms with Crippen LogP contribution in [-0.2, 0) is 14.3 Å². The Hall–Kier alpha value is -1.14. The van der Waals surface area contributed by atoms with E-state index in [9.17, 15) is 9.59 Å². The van der Waals surface area contributed by atoms with Gasteiger partial charge in [0.1, 0.15) is 6.10 Å². The SMILES string of the molecule is O=C(O)CC1CC2CCC(C1)N2C(=O)C1CNCCO1. The Morgan fingerprint density at radius 3 is 2.50 bits per heavy atom. The number of hydrogen-bond acceptors (Lipinski definition) is 4. The van der Waals surface area contributed by atoms with Crippen molar-refractivity contribution in [2.75, 3.05) is 19.7 Å². The number of rotatable bonds is 3. The summed E-state index contributed by atoms with van der Waals surface area (Å²) in [6, 6.07) is 0.437. The van der Waals surface area contributed by atoms with Gasteiger partial charge in [-0.25, -0.2) is 0 Å². The molecule has 3 unspecified atom stereocenters. The second-order valence-corrected chi connectivity index (χ2v) is 6.13. The van der Waals surface area contributed by atoms with Crippen LogP contribution in [0, 0.1) is 5.92 Å². The van der Waals surface area contributed by atoms with Gasteiger partial charge in [0.05, 0.1) is 6.61 Å². The summed E-state index contributed by atoms with van der Waals surface area (Å²) < 4.78 is 5.56. The van der Waals surface area contributed by atoms with Crippen molar-refractivity contribution in [3.8, 4) is 0 Å². The van der Waals surface area contributed by atoms with E-state index in [1.807, 2.05) is 4.90 Å². The fourth-order valence-electron chi connectivity index (χ4n) is 3.95. The van der Waals surface area contributed by atoms with Crippen molar-refractivity contribution >= 4 is 11.9 Å². The van der Waals surface area contributed by atoms with E-state index >= 15 is 0 Å². The van der Waals surface area contributed by atoms with E-state index in [0.29, 0.717) is 13.2 Å². The van der Waals surface area contributed by atoms with E-state index < -0.39 is 5.97 Å². The number of fused-ring (bicyclic) bond motifs is 2. The van der Waals surface area contributed by atoms with Gasteiger partial charge >= 0.3 is 5.97 Å². The Balaban J connectivity index is 1.64. The van der Waals surface area contributed by atoms with Crippen LogP contribution < -0.4 is 5.32 Å². The van der Waals surface area contributed by atoms with Gasteiger partial charge in [-0.05, 0) is 31.6 Å². The van der Waals surface area contributed by atoms with Gasteiger partial charge in [0, 0.05) is 31.6 Å². The van der Waals surface area contributed by atoms with Crippen LogP contribution in [0.1, 0.15) is 32.1 Å². The maximum absolute atomic E-state index is 12.6. The zero-order valence-electron chi connectivity index (χ0n) is 11.6. The lowest BCUT2D eigenvalue weighted by atomic mass is 9.88. The molecule has 3 saturated heterocycles. The molecule has 3 atom stereocenters. The van der Waals surface area contributed by atoms with Crippen LogP contribution >= 0.6 is 0 Å². The third kappa shape index (κ3) is 2.67. The number of carbonyl (C=O) groups excluding carboxylic acids is 1. The van der Waals surface area contributed by atoms with Crippen LogP contribution in [0.2, 0.25) is 0 Å². The predicted molar refractivity (Wildman–Crippen MR) is 71.2 cm³/mol. The van der Waals surface area contributed by atoms with Gasteiger partial charge in [0.2, 0.25) is 0 Å². The number of nitrogens with one attached hydrogen (secondary N) is 1. The third-order valence-corrected chi connectivity index (χ3v) is 4.75. The number of carboxylic acid groups (broad SMARTS) is 1. The molecule has 1 amide bonds. The van der Waals surface area contributed by atoms with Gasteiger partial charge in [-0.1, -0.05) is 0 Å². The summed E-state index contributed by atoms with van der Waals surface area (Å²) >= 11 is 0. The largest absolute Gasteiger partial charge is 0.481 e. The standard InChI is InChI=1S/C14H22N2O4/c17-13(18)7-9-5-10-1-2-11(6-9)16(10)14(19)12-8-15-3-4-20-12/h9-12,15H,1-8H2,(H,17,18). The number of amides is 1. The van der Waals surface area contributed by atoms with Crippen LogP contribution in [0.3, 0.4) is 0 Å². The molecule has 3 aliphatic heterocycles. The van der Waals surface area contributed by atoms with E-state index in [4.69, 9.17) is 9.84 Å². The first-order valence-electron chi connectivity index (χ1n) is 7.51. The van der Waals surface area contributed by atoms with E-state index in [2.05, 4.69) is 5.32 Å². The predicted octanol–water partition coefficient (Wildman–Crippen LogP) is 0.219. The second-order valence-electron chi connectivity index (χ2n) is 6.13. The number of nitrogens with zero attached hydrogens (tertiary/aromatic N) is 1. The minimum Gasteiger partial charge on any atom is -0.481 e. The number of piperidine rings is 1. The highest BCUT2D eigenvalue weighted by Crippen LogP contribution is 2.40. The minimum atomic E-state index is -0.728. The summed E-state index contributed by atoms with van der Waals surface area (Å²) in [5.74, 6) is -0.410. The van der Waals surface area contributed by atoms with E-state index in [1.165, 1.54) is 0 Å². The molecule has 0 saturated carbocycles. The molecule has 0 aromatic rings. The fraction of sp³-hybridized carbons (Fsp3) is 0.857. The van der Waals surface area contributed by atoms with Crippen molar-refractivity contribution in [2.24, 2.45) is 5.92 Å². The molecule has 6 nitrogen and oxygen atoms in total.